The van der Waals surface area contributed by atoms with E-state index in [1.54, 1.807) is 24.5 Å². The van der Waals surface area contributed by atoms with Crippen LogP contribution in [0, 0.1) is 5.92 Å². The highest BCUT2D eigenvalue weighted by Gasteiger charge is 2.45. The van der Waals surface area contributed by atoms with Gasteiger partial charge in [-0.05, 0) is 92.8 Å². The Bertz CT molecular complexity index is 2610. The van der Waals surface area contributed by atoms with Gasteiger partial charge in [0.15, 0.2) is 0 Å². The van der Waals surface area contributed by atoms with Crippen molar-refractivity contribution in [3.8, 4) is 17.0 Å². The van der Waals surface area contributed by atoms with Crippen molar-refractivity contribution >= 4 is 51.1 Å². The van der Waals surface area contributed by atoms with Crippen molar-refractivity contribution in [2.24, 2.45) is 13.0 Å². The zero-order chi connectivity index (χ0) is 42.9. The van der Waals surface area contributed by atoms with Gasteiger partial charge in [0.05, 0.1) is 28.9 Å². The normalized spacial score (nSPS) is 23.0. The van der Waals surface area contributed by atoms with Gasteiger partial charge in [-0.1, -0.05) is 12.1 Å². The van der Waals surface area contributed by atoms with E-state index in [4.69, 9.17) is 9.47 Å². The maximum Gasteiger partial charge on any atom is 0.421 e. The molecule has 1 saturated carbocycles. The summed E-state index contributed by atoms with van der Waals surface area (Å²) >= 11 is 0. The number of anilines is 1. The molecule has 0 radical (unpaired) electrons. The molecule has 4 amide bonds. The number of aryl methyl sites for hydroxylation is 1. The van der Waals surface area contributed by atoms with Gasteiger partial charge in [0.25, 0.3) is 11.8 Å². The highest BCUT2D eigenvalue weighted by atomic mass is 19.4. The molecule has 4 fully saturated rings. The number of piperidine rings is 3. The van der Waals surface area contributed by atoms with E-state index >= 15 is 0 Å². The Hall–Kier alpha value is -5.87. The standard InChI is InChI=1S/C46H46F3N7O6/c1-53-38-8-13-50-24-36(38)33-4-2-27(21-40(33)53)28-20-37(46(47,48)49)43(51-23-28)62-32-18-26(19-32)25-54-14-9-30(10-15-54)61-31-11-16-55(17-12-31)29-3-5-34-35(22-29)45(60)56(44(34)59)39-6-7-41(57)52-42(39)58/h2-5,8,13,20-24,26,30-32,39H,6-7,9-12,14-19,25H2,1H3,(H,52,57,58)/t26-,32-,39?. The number of aromatic nitrogens is 3. The predicted octanol–water partition coefficient (Wildman–Crippen LogP) is 6.52. The molecule has 13 nitrogen and oxygen atoms in total. The minimum Gasteiger partial charge on any atom is -0.474 e. The molecule has 4 aliphatic heterocycles. The molecule has 5 aliphatic rings. The van der Waals surface area contributed by atoms with E-state index in [1.165, 1.54) is 6.20 Å². The van der Waals surface area contributed by atoms with E-state index in [-0.39, 0.29) is 48.2 Å². The molecule has 62 heavy (non-hydrogen) atoms. The van der Waals surface area contributed by atoms with E-state index < -0.39 is 41.4 Å². The van der Waals surface area contributed by atoms with Gasteiger partial charge in [-0.15, -0.1) is 0 Å². The lowest BCUT2D eigenvalue weighted by Gasteiger charge is -2.41. The second kappa shape index (κ2) is 15.8. The van der Waals surface area contributed by atoms with Crippen molar-refractivity contribution in [3.05, 3.63) is 83.8 Å². The average Bonchev–Trinajstić information content (AvgIpc) is 3.68. The fraction of sp³-hybridized carbons (Fsp3) is 0.435. The first-order chi connectivity index (χ1) is 29.9. The van der Waals surface area contributed by atoms with Crippen LogP contribution in [-0.4, -0.2) is 105 Å². The number of halogens is 3. The zero-order valence-electron chi connectivity index (χ0n) is 34.2. The molecule has 3 saturated heterocycles. The first-order valence-electron chi connectivity index (χ1n) is 21.4. The Labute approximate surface area is 355 Å². The van der Waals surface area contributed by atoms with E-state index in [2.05, 4.69) is 25.1 Å². The van der Waals surface area contributed by atoms with Crippen molar-refractivity contribution in [1.82, 2.24) is 29.7 Å². The molecule has 5 aromatic rings. The van der Waals surface area contributed by atoms with E-state index in [9.17, 15) is 32.3 Å². The number of fused-ring (bicyclic) bond motifs is 4. The second-order valence-electron chi connectivity index (χ2n) is 17.3. The Balaban J connectivity index is 0.678. The van der Waals surface area contributed by atoms with Gasteiger partial charge in [0, 0.05) is 92.3 Å². The van der Waals surface area contributed by atoms with Crippen molar-refractivity contribution in [3.63, 3.8) is 0 Å². The molecule has 10 rings (SSSR count). The summed E-state index contributed by atoms with van der Waals surface area (Å²) in [6.07, 6.45) is 5.31. The Morgan fingerprint density at radius 2 is 1.52 bits per heavy atom. The third-order valence-electron chi connectivity index (χ3n) is 13.4. The van der Waals surface area contributed by atoms with Crippen molar-refractivity contribution in [2.45, 2.75) is 81.9 Å². The summed E-state index contributed by atoms with van der Waals surface area (Å²) in [5, 5.41) is 4.19. The monoisotopic (exact) mass is 849 g/mol. The minimum absolute atomic E-state index is 0.0727. The van der Waals surface area contributed by atoms with E-state index in [0.717, 1.165) is 96.9 Å². The number of ether oxygens (including phenoxy) is 2. The van der Waals surface area contributed by atoms with E-state index in [0.29, 0.717) is 29.9 Å². The predicted molar refractivity (Wildman–Crippen MR) is 222 cm³/mol. The summed E-state index contributed by atoms with van der Waals surface area (Å²) in [5.74, 6) is -2.10. The molecule has 1 N–H and O–H groups in total. The molecule has 16 heteroatoms. The van der Waals surface area contributed by atoms with Gasteiger partial charge in [-0.2, -0.15) is 13.2 Å². The lowest BCUT2D eigenvalue weighted by atomic mass is 9.81. The summed E-state index contributed by atoms with van der Waals surface area (Å²) in [7, 11) is 1.93. The van der Waals surface area contributed by atoms with Crippen LogP contribution in [0.15, 0.2) is 67.1 Å². The van der Waals surface area contributed by atoms with Gasteiger partial charge in [-0.3, -0.25) is 34.4 Å². The van der Waals surface area contributed by atoms with Crippen molar-refractivity contribution in [1.29, 1.82) is 0 Å². The molecule has 1 atom stereocenters. The smallest absolute Gasteiger partial charge is 0.421 e. The number of imide groups is 2. The number of carbonyl (C=O) groups excluding carboxylic acids is 4. The van der Waals surface area contributed by atoms with Crippen LogP contribution in [0.2, 0.25) is 0 Å². The van der Waals surface area contributed by atoms with Gasteiger partial charge in [0.1, 0.15) is 17.7 Å². The Kier molecular flexibility index (Phi) is 10.2. The molecule has 3 aromatic heterocycles. The highest BCUT2D eigenvalue weighted by molar-refractivity contribution is 6.23. The molecule has 1 unspecified atom stereocenters. The van der Waals surface area contributed by atoms with Crippen LogP contribution in [0.3, 0.4) is 0 Å². The quantitative estimate of drug-likeness (QED) is 0.163. The molecule has 1 aliphatic carbocycles. The summed E-state index contributed by atoms with van der Waals surface area (Å²) in [5.41, 5.74) is 3.41. The molecule has 0 spiro atoms. The third kappa shape index (κ3) is 7.46. The third-order valence-corrected chi connectivity index (χ3v) is 13.4. The molecule has 7 heterocycles. The number of amides is 4. The first kappa shape index (κ1) is 40.2. The van der Waals surface area contributed by atoms with Gasteiger partial charge < -0.3 is 23.8 Å². The fourth-order valence-corrected chi connectivity index (χ4v) is 9.99. The zero-order valence-corrected chi connectivity index (χ0v) is 34.2. The van der Waals surface area contributed by atoms with Gasteiger partial charge in [-0.25, -0.2) is 4.98 Å². The fourth-order valence-electron chi connectivity index (χ4n) is 9.99. The highest BCUT2D eigenvalue weighted by Crippen LogP contribution is 2.41. The van der Waals surface area contributed by atoms with Crippen molar-refractivity contribution in [2.75, 3.05) is 37.6 Å². The number of hydrogen-bond donors (Lipinski definition) is 1. The minimum atomic E-state index is -4.63. The van der Waals surface area contributed by atoms with Gasteiger partial charge >= 0.3 is 6.18 Å². The Morgan fingerprint density at radius 1 is 0.774 bits per heavy atom. The number of likely N-dealkylation sites (tertiary alicyclic amines) is 1. The molecular formula is C46H46F3N7O6. The van der Waals surface area contributed by atoms with Crippen LogP contribution in [0.5, 0.6) is 5.88 Å². The molecular weight excluding hydrogens is 804 g/mol. The van der Waals surface area contributed by atoms with Crippen LogP contribution >= 0.6 is 0 Å². The van der Waals surface area contributed by atoms with Crippen LogP contribution in [0.4, 0.5) is 18.9 Å². The second-order valence-corrected chi connectivity index (χ2v) is 17.3. The van der Waals surface area contributed by atoms with Crippen molar-refractivity contribution < 1.29 is 41.8 Å². The topological polar surface area (TPSA) is 139 Å². The summed E-state index contributed by atoms with van der Waals surface area (Å²) in [6.45, 7) is 4.13. The largest absolute Gasteiger partial charge is 0.474 e. The summed E-state index contributed by atoms with van der Waals surface area (Å²) in [4.78, 5) is 64.5. The lowest BCUT2D eigenvalue weighted by molar-refractivity contribution is -0.140. The van der Waals surface area contributed by atoms with Crippen LogP contribution in [0.1, 0.15) is 77.6 Å². The number of pyridine rings is 2. The van der Waals surface area contributed by atoms with Crippen LogP contribution in [-0.2, 0) is 27.5 Å². The average molecular weight is 850 g/mol. The SMILES string of the molecule is Cn1c2ccncc2c2ccc(-c3cnc(O[C@H]4C[C@H](CN5CCC(OC6CCN(c7ccc8c(c7)C(=O)N(C7CCC(=O)NC7=O)C8=O)CC6)CC5)C4)c(C(F)(F)F)c3)cc21. The lowest BCUT2D eigenvalue weighted by Crippen LogP contribution is -2.54. The molecule has 322 valence electrons. The first-order valence-corrected chi connectivity index (χ1v) is 21.4. The maximum atomic E-state index is 14.4. The van der Waals surface area contributed by atoms with Gasteiger partial charge in [0.2, 0.25) is 17.7 Å². The van der Waals surface area contributed by atoms with E-state index in [1.807, 2.05) is 41.9 Å². The Morgan fingerprint density at radius 3 is 2.26 bits per heavy atom. The number of nitrogens with zero attached hydrogens (tertiary/aromatic N) is 6. The number of carbonyl (C=O) groups is 4. The summed E-state index contributed by atoms with van der Waals surface area (Å²) in [6, 6.07) is 12.9. The molecule has 2 aromatic carbocycles. The van der Waals surface area contributed by atoms with Crippen LogP contribution < -0.4 is 15.0 Å². The molecule has 0 bridgehead atoms. The number of hydrogen-bond acceptors (Lipinski definition) is 10. The number of benzene rings is 2. The van der Waals surface area contributed by atoms with Crippen LogP contribution in [0.25, 0.3) is 32.9 Å². The maximum absolute atomic E-state index is 14.4. The number of nitrogens with one attached hydrogen (secondary N) is 1. The number of alkyl halides is 3. The number of rotatable bonds is 9. The summed E-state index contributed by atoms with van der Waals surface area (Å²) < 4.78 is 57.6.